The van der Waals surface area contributed by atoms with Crippen molar-refractivity contribution in [3.63, 3.8) is 0 Å². The van der Waals surface area contributed by atoms with Gasteiger partial charge in [-0.25, -0.2) is 0 Å². The quantitative estimate of drug-likeness (QED) is 0.179. The number of benzene rings is 3. The monoisotopic (exact) mass is 1500 g/mol. The van der Waals surface area contributed by atoms with Crippen LogP contribution < -0.4 is 10.6 Å². The number of rotatable bonds is 10. The predicted octanol–water partition coefficient (Wildman–Crippen LogP) is 19.8. The third-order valence-electron chi connectivity index (χ3n) is 25.8. The van der Waals surface area contributed by atoms with Crippen molar-refractivity contribution in [2.45, 2.75) is 370 Å². The first kappa shape index (κ1) is 74.7. The first-order valence-corrected chi connectivity index (χ1v) is 53.7. The third kappa shape index (κ3) is 13.6. The van der Waals surface area contributed by atoms with E-state index < -0.39 is 70.4 Å². The van der Waals surface area contributed by atoms with Crippen molar-refractivity contribution in [3.05, 3.63) is 82.9 Å². The molecule has 0 N–H and O–H groups in total. The number of hydrogen-bond donors (Lipinski definition) is 0. The fourth-order valence-corrected chi connectivity index (χ4v) is 74.5. The second-order valence-corrected chi connectivity index (χ2v) is 63.3. The second-order valence-electron chi connectivity index (χ2n) is 37.7. The van der Waals surface area contributed by atoms with E-state index in [0.717, 1.165) is 196 Å². The van der Waals surface area contributed by atoms with Gasteiger partial charge in [-0.1, -0.05) is 241 Å². The van der Waals surface area contributed by atoms with Gasteiger partial charge >= 0.3 is 77.6 Å². The predicted molar refractivity (Wildman–Crippen MR) is 410 cm³/mol. The van der Waals surface area contributed by atoms with E-state index in [1.165, 1.54) is 27.8 Å². The summed E-state index contributed by atoms with van der Waals surface area (Å²) in [5.41, 5.74) is 8.40. The fourth-order valence-electron chi connectivity index (χ4n) is 18.9. The van der Waals surface area contributed by atoms with Crippen molar-refractivity contribution >= 4 is 88.2 Å². The summed E-state index contributed by atoms with van der Waals surface area (Å²) in [6, 6.07) is 23.2. The van der Waals surface area contributed by atoms with Crippen molar-refractivity contribution in [2.75, 3.05) is 0 Å². The zero-order valence-corrected chi connectivity index (χ0v) is 70.9. The topological polar surface area (TPSA) is 129 Å². The van der Waals surface area contributed by atoms with Crippen LogP contribution in [0.1, 0.15) is 320 Å². The zero-order chi connectivity index (χ0) is 69.0. The Morgan fingerprint density at radius 3 is 0.727 bits per heavy atom. The highest BCUT2D eigenvalue weighted by Gasteiger charge is 2.89. The van der Waals surface area contributed by atoms with Gasteiger partial charge in [0.25, 0.3) is 0 Å². The molecule has 14 fully saturated rings. The SMILES string of the molecule is C.CC(C)(C)c1cc(-c2ccc([Si]34O[Si]5(C6CCCC6)O[Si]6(C7CCCC7)O[Si](C7CCCC7)(O3)O[Si]3(C7CCCC7)O[Si](C7CCCC7)(O4)O[Si](C4CCCC4)(O5)O[Si](C4CCCC4)(O6)O3)cc2)cc(C(C)(C)C)c1.CC(C)(C)c1cc(B2OC(C)(C)C(C)(C)O2)cc(C(C)(C)C)c1. The summed E-state index contributed by atoms with van der Waals surface area (Å²) in [6.45, 7) is 35.8. The lowest BCUT2D eigenvalue weighted by molar-refractivity contribution is -0.0428. The normalized spacial score (nSPS) is 36.5. The molecule has 8 bridgehead atoms. The van der Waals surface area contributed by atoms with Gasteiger partial charge in [-0.15, -0.1) is 0 Å². The van der Waals surface area contributed by atoms with E-state index in [1.807, 2.05) is 0 Å². The van der Waals surface area contributed by atoms with E-state index in [1.54, 1.807) is 0 Å². The Morgan fingerprint density at radius 1 is 0.293 bits per heavy atom. The molecule has 3 aromatic carbocycles. The molecule has 7 aliphatic heterocycles. The van der Waals surface area contributed by atoms with Crippen LogP contribution in [0.2, 0.25) is 38.8 Å². The zero-order valence-electron chi connectivity index (χ0n) is 62.9. The van der Waals surface area contributed by atoms with E-state index >= 15 is 0 Å². The molecular weight excluding hydrogens is 1370 g/mol. The second kappa shape index (κ2) is 26.6. The maximum atomic E-state index is 8.67. The van der Waals surface area contributed by atoms with Crippen LogP contribution in [0.25, 0.3) is 11.1 Å². The standard InChI is InChI=1S/C55H88O12Si8.C20H33BO2.CH4/c1-54(2,3)44-39-43(40-45(41-44)55(4,5)6)42-35-37-53(38-36-42)75-65-72(50-29-15-16-30-50)59-69(47-23-9-10-24-47)56-68(46-21-7-8-22-46)57-70(61-72,48-25-11-12-26-48)63-74(67-75,52-33-19-20-34-52)64-71(58-68,49-27-13-14-28-49)62-73(60-69,66-75)51-31-17-18-32-51;1-17(2,3)14-11-15(18(4,5)6)13-16(12-14)21-22-19(7,8)20(9,10)23-21;/h35-41,46-52H,7-34H2,1-6H3;11-13H,1-10H3;1H4. The highest BCUT2D eigenvalue weighted by Crippen LogP contribution is 2.66. The van der Waals surface area contributed by atoms with E-state index in [0.29, 0.717) is 0 Å². The Hall–Kier alpha value is -1.10. The van der Waals surface area contributed by atoms with Crippen molar-refractivity contribution < 1.29 is 58.7 Å². The molecule has 14 aliphatic rings. The van der Waals surface area contributed by atoms with E-state index in [-0.39, 0.29) is 86.2 Å². The van der Waals surface area contributed by atoms with Gasteiger partial charge in [0.1, 0.15) is 0 Å². The lowest BCUT2D eigenvalue weighted by Crippen LogP contribution is -2.91. The highest BCUT2D eigenvalue weighted by molar-refractivity contribution is 7.06. The van der Waals surface area contributed by atoms with Crippen molar-refractivity contribution in [1.29, 1.82) is 0 Å². The Labute approximate surface area is 606 Å². The molecule has 23 heteroatoms. The number of hydrogen-bond acceptors (Lipinski definition) is 14. The minimum atomic E-state index is -4.37. The first-order chi connectivity index (χ1) is 46.1. The summed E-state index contributed by atoms with van der Waals surface area (Å²) < 4.78 is 116. The van der Waals surface area contributed by atoms with Gasteiger partial charge in [-0.3, -0.25) is 0 Å². The van der Waals surface area contributed by atoms with E-state index in [4.69, 9.17) is 58.7 Å². The fraction of sp³-hybridized carbons (Fsp3) is 0.763. The third-order valence-corrected chi connectivity index (χ3v) is 65.0. The molecule has 0 spiro atoms. The molecule has 7 heterocycles. The van der Waals surface area contributed by atoms with Crippen molar-refractivity contribution in [2.24, 2.45) is 0 Å². The van der Waals surface area contributed by atoms with Crippen LogP contribution >= 0.6 is 0 Å². The molecule has 0 aromatic heterocycles. The molecule has 99 heavy (non-hydrogen) atoms. The van der Waals surface area contributed by atoms with Gasteiger partial charge in [0, 0.05) is 44.0 Å². The Morgan fingerprint density at radius 2 is 0.505 bits per heavy atom. The molecule has 7 saturated carbocycles. The van der Waals surface area contributed by atoms with Gasteiger partial charge in [-0.2, -0.15) is 0 Å². The highest BCUT2D eigenvalue weighted by atomic mass is 28.6. The summed E-state index contributed by atoms with van der Waals surface area (Å²) in [5, 5.41) is 0.895. The Bertz CT molecular complexity index is 3120. The molecule has 0 radical (unpaired) electrons. The molecule has 7 aliphatic carbocycles. The first-order valence-electron chi connectivity index (χ1n) is 39.3. The summed E-state index contributed by atoms with van der Waals surface area (Å²) in [5.74, 6) is 0. The molecule has 0 unspecified atom stereocenters. The van der Waals surface area contributed by atoms with Crippen LogP contribution in [0.4, 0.5) is 0 Å². The molecular formula is C76H125BO14Si8. The Balaban J connectivity index is 0.000000297. The van der Waals surface area contributed by atoms with Gasteiger partial charge in [0.2, 0.25) is 0 Å². The van der Waals surface area contributed by atoms with E-state index in [2.05, 4.69) is 171 Å². The minimum Gasteiger partial charge on any atom is -0.399 e. The Kier molecular flexibility index (Phi) is 20.1. The van der Waals surface area contributed by atoms with Crippen LogP contribution in [-0.4, -0.2) is 88.8 Å². The van der Waals surface area contributed by atoms with Gasteiger partial charge in [0.05, 0.1) is 11.2 Å². The van der Waals surface area contributed by atoms with Gasteiger partial charge < -0.3 is 58.7 Å². The summed E-state index contributed by atoms with van der Waals surface area (Å²) in [6.07, 6.45) is 28.6. The van der Waals surface area contributed by atoms with E-state index in [9.17, 15) is 0 Å². The van der Waals surface area contributed by atoms with Crippen LogP contribution in [0.3, 0.4) is 0 Å². The molecule has 3 aromatic rings. The summed E-state index contributed by atoms with van der Waals surface area (Å²) in [7, 11) is -33.0. The summed E-state index contributed by atoms with van der Waals surface area (Å²) >= 11 is 0. The van der Waals surface area contributed by atoms with Gasteiger partial charge in [-0.05, 0) is 178 Å². The molecule has 0 atom stereocenters. The van der Waals surface area contributed by atoms with Crippen LogP contribution in [0.5, 0.6) is 0 Å². The lowest BCUT2D eigenvalue weighted by atomic mass is 9.71. The lowest BCUT2D eigenvalue weighted by Gasteiger charge is -2.66. The molecule has 7 saturated heterocycles. The van der Waals surface area contributed by atoms with Crippen molar-refractivity contribution in [3.8, 4) is 11.1 Å². The molecule has 548 valence electrons. The summed E-state index contributed by atoms with van der Waals surface area (Å²) in [4.78, 5) is 0. The average Bonchev–Trinajstić information content (AvgIpc) is 1.50. The molecule has 14 nitrogen and oxygen atoms in total. The minimum absolute atomic E-state index is 0. The van der Waals surface area contributed by atoms with Crippen molar-refractivity contribution in [1.82, 2.24) is 0 Å². The van der Waals surface area contributed by atoms with Crippen LogP contribution in [0.15, 0.2) is 60.7 Å². The van der Waals surface area contributed by atoms with Crippen LogP contribution in [-0.2, 0) is 80.4 Å². The maximum absolute atomic E-state index is 8.67. The average molecular weight is 1500 g/mol. The van der Waals surface area contributed by atoms with Crippen LogP contribution in [0, 0.1) is 0 Å². The molecule has 0 amide bonds. The maximum Gasteiger partial charge on any atom is 0.515 e. The largest absolute Gasteiger partial charge is 0.515 e. The van der Waals surface area contributed by atoms with Gasteiger partial charge in [0.15, 0.2) is 0 Å². The smallest absolute Gasteiger partial charge is 0.399 e. The molecule has 17 rings (SSSR count).